The molecule has 0 fully saturated rings. The van der Waals surface area contributed by atoms with Crippen molar-refractivity contribution < 1.29 is 14.1 Å². The van der Waals surface area contributed by atoms with Crippen molar-refractivity contribution in [3.8, 4) is 5.75 Å². The number of hydrogen-bond acceptors (Lipinski definition) is 4. The van der Waals surface area contributed by atoms with Crippen LogP contribution in [0.4, 0.5) is 0 Å². The summed E-state index contributed by atoms with van der Waals surface area (Å²) in [6.45, 7) is 4.09. The van der Waals surface area contributed by atoms with Gasteiger partial charge in [-0.3, -0.25) is 4.79 Å². The van der Waals surface area contributed by atoms with Gasteiger partial charge in [0.15, 0.2) is 6.29 Å². The van der Waals surface area contributed by atoms with Gasteiger partial charge < -0.3 is 9.26 Å². The standard InChI is InChI=1S/C13H12BrNO3/c1-8-12(9(2)18-15-8)7-17-11-3-4-13(14)10(5-11)6-16/h3-6H,7H2,1-2H3. The Hall–Kier alpha value is -1.62. The molecule has 4 nitrogen and oxygen atoms in total. The second-order valence-electron chi connectivity index (χ2n) is 3.89. The van der Waals surface area contributed by atoms with E-state index >= 15 is 0 Å². The molecule has 0 unspecified atom stereocenters. The second kappa shape index (κ2) is 5.35. The number of aldehydes is 1. The maximum absolute atomic E-state index is 10.8. The smallest absolute Gasteiger partial charge is 0.151 e. The fourth-order valence-corrected chi connectivity index (χ4v) is 1.91. The van der Waals surface area contributed by atoms with Crippen LogP contribution in [0.1, 0.15) is 27.4 Å². The molecule has 1 heterocycles. The van der Waals surface area contributed by atoms with Gasteiger partial charge in [-0.2, -0.15) is 0 Å². The zero-order valence-corrected chi connectivity index (χ0v) is 11.7. The van der Waals surface area contributed by atoms with E-state index in [2.05, 4.69) is 21.1 Å². The SMILES string of the molecule is Cc1noc(C)c1COc1ccc(Br)c(C=O)c1. The van der Waals surface area contributed by atoms with Crippen LogP contribution in [0, 0.1) is 13.8 Å². The van der Waals surface area contributed by atoms with Crippen LogP contribution in [0.5, 0.6) is 5.75 Å². The van der Waals surface area contributed by atoms with Crippen molar-refractivity contribution in [1.29, 1.82) is 0 Å². The van der Waals surface area contributed by atoms with Gasteiger partial charge in [-0.15, -0.1) is 0 Å². The monoisotopic (exact) mass is 309 g/mol. The summed E-state index contributed by atoms with van der Waals surface area (Å²) in [6.07, 6.45) is 0.785. The minimum absolute atomic E-state index is 0.376. The molecule has 2 aromatic rings. The summed E-state index contributed by atoms with van der Waals surface area (Å²) in [5, 5.41) is 3.86. The molecule has 0 atom stereocenters. The summed E-state index contributed by atoms with van der Waals surface area (Å²) in [5.41, 5.74) is 2.32. The van der Waals surface area contributed by atoms with Crippen molar-refractivity contribution in [3.63, 3.8) is 0 Å². The number of halogens is 1. The van der Waals surface area contributed by atoms with E-state index in [0.29, 0.717) is 17.9 Å². The van der Waals surface area contributed by atoms with Crippen molar-refractivity contribution >= 4 is 22.2 Å². The van der Waals surface area contributed by atoms with Crippen LogP contribution in [-0.4, -0.2) is 11.4 Å². The lowest BCUT2D eigenvalue weighted by molar-refractivity contribution is 0.112. The Morgan fingerprint density at radius 2 is 2.22 bits per heavy atom. The minimum Gasteiger partial charge on any atom is -0.489 e. The lowest BCUT2D eigenvalue weighted by Crippen LogP contribution is -1.98. The quantitative estimate of drug-likeness (QED) is 0.812. The average Bonchev–Trinajstić information content (AvgIpc) is 2.68. The van der Waals surface area contributed by atoms with Gasteiger partial charge in [0.05, 0.1) is 11.3 Å². The Labute approximate surface area is 113 Å². The average molecular weight is 310 g/mol. The first kappa shape index (κ1) is 12.8. The van der Waals surface area contributed by atoms with Gasteiger partial charge in [-0.25, -0.2) is 0 Å². The predicted octanol–water partition coefficient (Wildman–Crippen LogP) is 3.45. The largest absolute Gasteiger partial charge is 0.489 e. The first-order chi connectivity index (χ1) is 8.61. The fourth-order valence-electron chi connectivity index (χ4n) is 1.57. The van der Waals surface area contributed by atoms with E-state index in [1.54, 1.807) is 18.2 Å². The maximum atomic E-state index is 10.8. The summed E-state index contributed by atoms with van der Waals surface area (Å²) < 4.78 is 11.4. The lowest BCUT2D eigenvalue weighted by atomic mass is 10.2. The summed E-state index contributed by atoms with van der Waals surface area (Å²) >= 11 is 3.29. The van der Waals surface area contributed by atoms with Crippen LogP contribution in [-0.2, 0) is 6.61 Å². The third kappa shape index (κ3) is 2.61. The number of hydrogen-bond donors (Lipinski definition) is 0. The van der Waals surface area contributed by atoms with E-state index in [-0.39, 0.29) is 0 Å². The van der Waals surface area contributed by atoms with Crippen LogP contribution >= 0.6 is 15.9 Å². The van der Waals surface area contributed by atoms with Crippen molar-refractivity contribution in [3.05, 3.63) is 45.3 Å². The topological polar surface area (TPSA) is 52.3 Å². The fraction of sp³-hybridized carbons (Fsp3) is 0.231. The molecule has 1 aromatic carbocycles. The number of aromatic nitrogens is 1. The number of rotatable bonds is 4. The molecule has 0 amide bonds. The molecule has 0 aliphatic heterocycles. The highest BCUT2D eigenvalue weighted by molar-refractivity contribution is 9.10. The van der Waals surface area contributed by atoms with Crippen LogP contribution in [0.2, 0.25) is 0 Å². The maximum Gasteiger partial charge on any atom is 0.151 e. The molecule has 94 valence electrons. The molecule has 1 aromatic heterocycles. The van der Waals surface area contributed by atoms with Gasteiger partial charge in [0.1, 0.15) is 18.1 Å². The molecular weight excluding hydrogens is 298 g/mol. The van der Waals surface area contributed by atoms with E-state index in [1.807, 2.05) is 13.8 Å². The number of ether oxygens (including phenoxy) is 1. The summed E-state index contributed by atoms with van der Waals surface area (Å²) in [5.74, 6) is 1.39. The normalized spacial score (nSPS) is 10.4. The molecule has 0 bridgehead atoms. The molecular formula is C13H12BrNO3. The molecule has 5 heteroatoms. The van der Waals surface area contributed by atoms with Crippen LogP contribution < -0.4 is 4.74 Å². The van der Waals surface area contributed by atoms with Crippen molar-refractivity contribution in [2.45, 2.75) is 20.5 Å². The Balaban J connectivity index is 2.13. The molecule has 0 aliphatic rings. The molecule has 0 spiro atoms. The Bertz CT molecular complexity index is 558. The van der Waals surface area contributed by atoms with E-state index in [1.165, 1.54) is 0 Å². The highest BCUT2D eigenvalue weighted by Gasteiger charge is 2.10. The number of benzene rings is 1. The van der Waals surface area contributed by atoms with Crippen LogP contribution in [0.15, 0.2) is 27.2 Å². The summed E-state index contributed by atoms with van der Waals surface area (Å²) in [4.78, 5) is 10.8. The number of carbonyl (C=O) groups is 1. The first-order valence-electron chi connectivity index (χ1n) is 5.41. The number of nitrogens with zero attached hydrogens (tertiary/aromatic N) is 1. The van der Waals surface area contributed by atoms with Crippen molar-refractivity contribution in [1.82, 2.24) is 5.16 Å². The van der Waals surface area contributed by atoms with Gasteiger partial charge >= 0.3 is 0 Å². The second-order valence-corrected chi connectivity index (χ2v) is 4.75. The summed E-state index contributed by atoms with van der Waals surface area (Å²) in [6, 6.07) is 5.27. The molecule has 0 saturated heterocycles. The Kier molecular flexibility index (Phi) is 3.81. The first-order valence-corrected chi connectivity index (χ1v) is 6.20. The van der Waals surface area contributed by atoms with E-state index in [9.17, 15) is 4.79 Å². The van der Waals surface area contributed by atoms with Gasteiger partial charge in [0, 0.05) is 10.0 Å². The highest BCUT2D eigenvalue weighted by atomic mass is 79.9. The van der Waals surface area contributed by atoms with Gasteiger partial charge in [0.25, 0.3) is 0 Å². The molecule has 2 rings (SSSR count). The third-order valence-corrected chi connectivity index (χ3v) is 3.38. The number of carbonyl (C=O) groups excluding carboxylic acids is 1. The molecule has 18 heavy (non-hydrogen) atoms. The molecule has 0 radical (unpaired) electrons. The predicted molar refractivity (Wildman–Crippen MR) is 69.8 cm³/mol. The van der Waals surface area contributed by atoms with E-state index < -0.39 is 0 Å². The van der Waals surface area contributed by atoms with Crippen LogP contribution in [0.3, 0.4) is 0 Å². The third-order valence-electron chi connectivity index (χ3n) is 2.66. The van der Waals surface area contributed by atoms with Gasteiger partial charge in [-0.05, 0) is 32.0 Å². The van der Waals surface area contributed by atoms with E-state index in [4.69, 9.17) is 9.26 Å². The van der Waals surface area contributed by atoms with Crippen molar-refractivity contribution in [2.24, 2.45) is 0 Å². The van der Waals surface area contributed by atoms with Crippen LogP contribution in [0.25, 0.3) is 0 Å². The molecule has 0 aliphatic carbocycles. The molecule has 0 N–H and O–H groups in total. The van der Waals surface area contributed by atoms with Crippen molar-refractivity contribution in [2.75, 3.05) is 0 Å². The van der Waals surface area contributed by atoms with Gasteiger partial charge in [-0.1, -0.05) is 21.1 Å². The Morgan fingerprint density at radius 1 is 1.44 bits per heavy atom. The van der Waals surface area contributed by atoms with Gasteiger partial charge in [0.2, 0.25) is 0 Å². The lowest BCUT2D eigenvalue weighted by Gasteiger charge is -2.07. The zero-order valence-electron chi connectivity index (χ0n) is 10.1. The Morgan fingerprint density at radius 3 is 2.83 bits per heavy atom. The minimum atomic E-state index is 0.376. The number of aryl methyl sites for hydroxylation is 2. The summed E-state index contributed by atoms with van der Waals surface area (Å²) in [7, 11) is 0. The molecule has 0 saturated carbocycles. The zero-order chi connectivity index (χ0) is 13.1. The van der Waals surface area contributed by atoms with E-state index in [0.717, 1.165) is 27.8 Å². The highest BCUT2D eigenvalue weighted by Crippen LogP contribution is 2.23.